The Morgan fingerprint density at radius 2 is 1.71 bits per heavy atom. The van der Waals surface area contributed by atoms with E-state index >= 15 is 0 Å². The van der Waals surface area contributed by atoms with E-state index in [4.69, 9.17) is 0 Å². The number of benzene rings is 2. The van der Waals surface area contributed by atoms with Gasteiger partial charge in [0.25, 0.3) is 0 Å². The smallest absolute Gasteiger partial charge is 0.0902 e. The van der Waals surface area contributed by atoms with Crippen LogP contribution in [0.4, 0.5) is 0 Å². The Morgan fingerprint density at radius 1 is 0.941 bits per heavy atom. The van der Waals surface area contributed by atoms with Crippen LogP contribution < -0.4 is 0 Å². The summed E-state index contributed by atoms with van der Waals surface area (Å²) < 4.78 is 0. The lowest BCUT2D eigenvalue weighted by molar-refractivity contribution is -0.0374. The fourth-order valence-electron chi connectivity index (χ4n) is 3.43. The van der Waals surface area contributed by atoms with E-state index in [1.807, 2.05) is 0 Å². The van der Waals surface area contributed by atoms with Gasteiger partial charge in [-0.05, 0) is 59.6 Å². The minimum Gasteiger partial charge on any atom is -0.385 e. The molecule has 0 bridgehead atoms. The van der Waals surface area contributed by atoms with Crippen molar-refractivity contribution in [2.75, 3.05) is 0 Å². The van der Waals surface area contributed by atoms with Crippen LogP contribution >= 0.6 is 0 Å². The average molecular weight is 224 g/mol. The van der Waals surface area contributed by atoms with Crippen LogP contribution in [-0.2, 0) is 18.4 Å². The summed E-state index contributed by atoms with van der Waals surface area (Å²) in [5, 5.41) is 13.3. The average Bonchev–Trinajstić information content (AvgIpc) is 2.73. The molecule has 4 rings (SSSR count). The molecule has 0 spiro atoms. The van der Waals surface area contributed by atoms with Gasteiger partial charge in [0.2, 0.25) is 0 Å². The van der Waals surface area contributed by atoms with E-state index in [-0.39, 0.29) is 0 Å². The summed E-state index contributed by atoms with van der Waals surface area (Å²) in [6, 6.07) is 10.9. The zero-order valence-electron chi connectivity index (χ0n) is 9.87. The summed E-state index contributed by atoms with van der Waals surface area (Å²) in [6.07, 6.45) is 5.32. The van der Waals surface area contributed by atoms with Crippen LogP contribution in [0.2, 0.25) is 0 Å². The Balaban J connectivity index is 2.06. The summed E-state index contributed by atoms with van der Waals surface area (Å²) >= 11 is 0. The molecule has 1 heteroatoms. The monoisotopic (exact) mass is 224 g/mol. The first-order chi connectivity index (χ1) is 8.28. The van der Waals surface area contributed by atoms with Gasteiger partial charge in [-0.15, -0.1) is 0 Å². The molecule has 2 aliphatic rings. The second kappa shape index (κ2) is 3.11. The maximum atomic E-state index is 10.6. The molecule has 86 valence electrons. The molecule has 0 aromatic heterocycles. The Labute approximate surface area is 101 Å². The highest BCUT2D eigenvalue weighted by atomic mass is 16.3. The van der Waals surface area contributed by atoms with E-state index in [2.05, 4.69) is 30.3 Å². The third kappa shape index (κ3) is 1.18. The fraction of sp³-hybridized carbons (Fsp3) is 0.375. The van der Waals surface area contributed by atoms with E-state index in [0.717, 1.165) is 37.7 Å². The Kier molecular flexibility index (Phi) is 1.77. The third-order valence-electron chi connectivity index (χ3n) is 4.56. The van der Waals surface area contributed by atoms with E-state index in [1.165, 1.54) is 21.9 Å². The van der Waals surface area contributed by atoms with Gasteiger partial charge in [-0.3, -0.25) is 0 Å². The number of hydrogen-bond acceptors (Lipinski definition) is 1. The van der Waals surface area contributed by atoms with Crippen molar-refractivity contribution in [1.29, 1.82) is 0 Å². The van der Waals surface area contributed by atoms with Gasteiger partial charge in [0.15, 0.2) is 0 Å². The molecule has 0 unspecified atom stereocenters. The van der Waals surface area contributed by atoms with E-state index < -0.39 is 5.60 Å². The molecule has 17 heavy (non-hydrogen) atoms. The molecular formula is C16H16O. The van der Waals surface area contributed by atoms with Gasteiger partial charge >= 0.3 is 0 Å². The molecule has 0 saturated heterocycles. The minimum atomic E-state index is -0.542. The van der Waals surface area contributed by atoms with Crippen LogP contribution in [0.3, 0.4) is 0 Å². The lowest BCUT2D eigenvalue weighted by Crippen LogP contribution is -2.33. The van der Waals surface area contributed by atoms with Crippen molar-refractivity contribution in [3.63, 3.8) is 0 Å². The summed E-state index contributed by atoms with van der Waals surface area (Å²) in [6.45, 7) is 0. The highest BCUT2D eigenvalue weighted by molar-refractivity contribution is 5.93. The molecule has 1 N–H and O–H groups in total. The standard InChI is InChI=1S/C16H16O/c17-16(9-2-10-16)14-8-7-12-6-5-11-3-1-4-13(14)15(11)12/h1,3-4,7-8,17H,2,5-6,9-10H2. The van der Waals surface area contributed by atoms with Crippen molar-refractivity contribution in [3.05, 3.63) is 47.0 Å². The van der Waals surface area contributed by atoms with Crippen molar-refractivity contribution in [2.45, 2.75) is 37.7 Å². The highest BCUT2D eigenvalue weighted by Crippen LogP contribution is 2.45. The van der Waals surface area contributed by atoms with Crippen LogP contribution in [0, 0.1) is 0 Å². The van der Waals surface area contributed by atoms with Gasteiger partial charge in [0, 0.05) is 0 Å². The van der Waals surface area contributed by atoms with Gasteiger partial charge < -0.3 is 5.11 Å². The summed E-state index contributed by atoms with van der Waals surface area (Å²) in [5.74, 6) is 0. The van der Waals surface area contributed by atoms with Crippen LogP contribution in [0.5, 0.6) is 0 Å². The van der Waals surface area contributed by atoms with Crippen LogP contribution in [-0.4, -0.2) is 5.11 Å². The SMILES string of the molecule is OC1(c2ccc3c4c(cccc24)CC3)CCC1. The van der Waals surface area contributed by atoms with E-state index in [9.17, 15) is 5.11 Å². The molecule has 2 aromatic rings. The number of aryl methyl sites for hydroxylation is 2. The first-order valence-corrected chi connectivity index (χ1v) is 6.54. The largest absolute Gasteiger partial charge is 0.385 e. The molecule has 1 nitrogen and oxygen atoms in total. The lowest BCUT2D eigenvalue weighted by atomic mass is 9.73. The zero-order valence-corrected chi connectivity index (χ0v) is 9.87. The molecule has 1 saturated carbocycles. The molecule has 0 heterocycles. The first kappa shape index (κ1) is 9.67. The minimum absolute atomic E-state index is 0.542. The van der Waals surface area contributed by atoms with Crippen molar-refractivity contribution in [1.82, 2.24) is 0 Å². The Hall–Kier alpha value is -1.34. The van der Waals surface area contributed by atoms with Crippen molar-refractivity contribution < 1.29 is 5.11 Å². The molecule has 1 fully saturated rings. The topological polar surface area (TPSA) is 20.2 Å². The van der Waals surface area contributed by atoms with Gasteiger partial charge in [-0.1, -0.05) is 30.3 Å². The number of hydrogen-bond donors (Lipinski definition) is 1. The highest BCUT2D eigenvalue weighted by Gasteiger charge is 2.37. The number of aliphatic hydroxyl groups is 1. The molecule has 0 aliphatic heterocycles. The number of rotatable bonds is 1. The van der Waals surface area contributed by atoms with Crippen LogP contribution in [0.15, 0.2) is 30.3 Å². The molecule has 2 aliphatic carbocycles. The van der Waals surface area contributed by atoms with Crippen molar-refractivity contribution in [3.8, 4) is 0 Å². The molecule has 0 atom stereocenters. The molecule has 0 radical (unpaired) electrons. The molecule has 0 amide bonds. The summed E-state index contributed by atoms with van der Waals surface area (Å²) in [4.78, 5) is 0. The van der Waals surface area contributed by atoms with Gasteiger partial charge in [0.1, 0.15) is 0 Å². The zero-order chi connectivity index (χ0) is 11.5. The normalized spacial score (nSPS) is 20.5. The third-order valence-corrected chi connectivity index (χ3v) is 4.56. The summed E-state index contributed by atoms with van der Waals surface area (Å²) in [7, 11) is 0. The Bertz CT molecular complexity index is 598. The molecule has 2 aromatic carbocycles. The van der Waals surface area contributed by atoms with E-state index in [0.29, 0.717) is 0 Å². The second-order valence-corrected chi connectivity index (χ2v) is 5.50. The first-order valence-electron chi connectivity index (χ1n) is 6.54. The molecular weight excluding hydrogens is 208 g/mol. The fourth-order valence-corrected chi connectivity index (χ4v) is 3.43. The summed E-state index contributed by atoms with van der Waals surface area (Å²) in [5.41, 5.74) is 3.54. The van der Waals surface area contributed by atoms with Crippen molar-refractivity contribution in [2.24, 2.45) is 0 Å². The van der Waals surface area contributed by atoms with E-state index in [1.54, 1.807) is 0 Å². The van der Waals surface area contributed by atoms with Crippen molar-refractivity contribution >= 4 is 10.8 Å². The van der Waals surface area contributed by atoms with Gasteiger partial charge in [-0.2, -0.15) is 0 Å². The maximum absolute atomic E-state index is 10.6. The predicted molar refractivity (Wildman–Crippen MR) is 69.1 cm³/mol. The predicted octanol–water partition coefficient (Wildman–Crippen LogP) is 3.31. The lowest BCUT2D eigenvalue weighted by Gasteiger charge is -2.38. The quantitative estimate of drug-likeness (QED) is 0.788. The van der Waals surface area contributed by atoms with Crippen LogP contribution in [0.25, 0.3) is 10.8 Å². The maximum Gasteiger partial charge on any atom is 0.0902 e. The van der Waals surface area contributed by atoms with Gasteiger partial charge in [0.05, 0.1) is 5.60 Å². The van der Waals surface area contributed by atoms with Crippen LogP contribution in [0.1, 0.15) is 36.0 Å². The Morgan fingerprint density at radius 3 is 2.41 bits per heavy atom. The van der Waals surface area contributed by atoms with Gasteiger partial charge in [-0.25, -0.2) is 0 Å². The second-order valence-electron chi connectivity index (χ2n) is 5.50.